The lowest BCUT2D eigenvalue weighted by molar-refractivity contribution is 0.173. The maximum Gasteiger partial charge on any atom is 0.119 e. The fraction of sp³-hybridized carbons (Fsp3) is 0.400. The molecule has 1 unspecified atom stereocenters. The molecular weight excluding hydrogens is 320 g/mol. The van der Waals surface area contributed by atoms with Crippen molar-refractivity contribution >= 4 is 15.9 Å². The number of benzene rings is 1. The van der Waals surface area contributed by atoms with Gasteiger partial charge in [-0.25, -0.2) is 4.98 Å². The predicted molar refractivity (Wildman–Crippen MR) is 81.9 cm³/mol. The van der Waals surface area contributed by atoms with E-state index in [0.29, 0.717) is 6.42 Å². The third-order valence-electron chi connectivity index (χ3n) is 3.20. The van der Waals surface area contributed by atoms with Crippen LogP contribution in [-0.4, -0.2) is 21.8 Å². The van der Waals surface area contributed by atoms with Crippen LogP contribution in [0.3, 0.4) is 0 Å². The Bertz CT molecular complexity index is 569. The average Bonchev–Trinajstić information content (AvgIpc) is 2.87. The summed E-state index contributed by atoms with van der Waals surface area (Å²) < 4.78 is 8.16. The van der Waals surface area contributed by atoms with Gasteiger partial charge in [0.25, 0.3) is 0 Å². The van der Waals surface area contributed by atoms with Crippen LogP contribution in [0.2, 0.25) is 0 Å². The Morgan fingerprint density at radius 1 is 1.45 bits per heavy atom. The molecule has 0 saturated carbocycles. The molecule has 2 rings (SSSR count). The number of aromatic nitrogens is 2. The molecule has 0 aliphatic rings. The molecule has 0 fully saturated rings. The number of hydrogen-bond donors (Lipinski definition) is 1. The number of methoxy groups -OCH3 is 1. The summed E-state index contributed by atoms with van der Waals surface area (Å²) in [7, 11) is 1.62. The zero-order valence-corrected chi connectivity index (χ0v) is 13.3. The molecule has 0 radical (unpaired) electrons. The van der Waals surface area contributed by atoms with Gasteiger partial charge in [-0.1, -0.05) is 22.9 Å². The van der Waals surface area contributed by atoms with Crippen LogP contribution in [0.5, 0.6) is 5.75 Å². The molecule has 5 heteroatoms. The number of nitrogens with zero attached hydrogens (tertiary/aromatic N) is 2. The van der Waals surface area contributed by atoms with Gasteiger partial charge >= 0.3 is 0 Å². The van der Waals surface area contributed by atoms with E-state index in [9.17, 15) is 5.11 Å². The van der Waals surface area contributed by atoms with Crippen molar-refractivity contribution in [3.8, 4) is 5.75 Å². The lowest BCUT2D eigenvalue weighted by Gasteiger charge is -2.15. The summed E-state index contributed by atoms with van der Waals surface area (Å²) in [6.45, 7) is 3.04. The molecule has 0 aliphatic heterocycles. The Morgan fingerprint density at radius 3 is 2.95 bits per heavy atom. The Hall–Kier alpha value is -1.33. The Labute approximate surface area is 127 Å². The predicted octanol–water partition coefficient (Wildman–Crippen LogP) is 3.34. The van der Waals surface area contributed by atoms with Gasteiger partial charge in [0.2, 0.25) is 0 Å². The summed E-state index contributed by atoms with van der Waals surface area (Å²) in [4.78, 5) is 4.33. The molecule has 1 aromatic carbocycles. The quantitative estimate of drug-likeness (QED) is 0.878. The fourth-order valence-corrected chi connectivity index (χ4v) is 2.67. The second kappa shape index (κ2) is 6.90. The molecule has 0 saturated heterocycles. The molecule has 2 aromatic rings. The molecule has 0 bridgehead atoms. The van der Waals surface area contributed by atoms with Gasteiger partial charge in [-0.3, -0.25) is 0 Å². The second-order valence-corrected chi connectivity index (χ2v) is 5.50. The van der Waals surface area contributed by atoms with Gasteiger partial charge in [-0.2, -0.15) is 0 Å². The molecule has 4 nitrogen and oxygen atoms in total. The van der Waals surface area contributed by atoms with Crippen molar-refractivity contribution in [1.29, 1.82) is 0 Å². The second-order valence-electron chi connectivity index (χ2n) is 4.64. The molecule has 0 amide bonds. The van der Waals surface area contributed by atoms with Crippen molar-refractivity contribution in [1.82, 2.24) is 9.55 Å². The maximum atomic E-state index is 10.4. The summed E-state index contributed by atoms with van der Waals surface area (Å²) in [6, 6.07) is 5.59. The van der Waals surface area contributed by atoms with Gasteiger partial charge in [0, 0.05) is 29.8 Å². The smallest absolute Gasteiger partial charge is 0.119 e. The van der Waals surface area contributed by atoms with Crippen molar-refractivity contribution in [2.24, 2.45) is 0 Å². The number of aryl methyl sites for hydroxylation is 1. The largest absolute Gasteiger partial charge is 0.497 e. The lowest BCUT2D eigenvalue weighted by atomic mass is 10.1. The highest BCUT2D eigenvalue weighted by atomic mass is 79.9. The Kier molecular flexibility index (Phi) is 5.20. The van der Waals surface area contributed by atoms with Crippen LogP contribution in [0, 0.1) is 0 Å². The molecule has 1 N–H and O–H groups in total. The molecule has 0 spiro atoms. The number of ether oxygens (including phenoxy) is 1. The summed E-state index contributed by atoms with van der Waals surface area (Å²) in [5, 5.41) is 10.4. The average molecular weight is 339 g/mol. The van der Waals surface area contributed by atoms with E-state index < -0.39 is 6.10 Å². The molecule has 0 aliphatic carbocycles. The minimum absolute atomic E-state index is 0.485. The van der Waals surface area contributed by atoms with Gasteiger partial charge in [0.1, 0.15) is 11.6 Å². The maximum absolute atomic E-state index is 10.4. The van der Waals surface area contributed by atoms with Gasteiger partial charge in [-0.15, -0.1) is 0 Å². The first kappa shape index (κ1) is 15.1. The molecule has 20 heavy (non-hydrogen) atoms. The zero-order valence-electron chi connectivity index (χ0n) is 11.7. The van der Waals surface area contributed by atoms with Crippen LogP contribution in [0.1, 0.15) is 30.8 Å². The minimum Gasteiger partial charge on any atom is -0.497 e. The van der Waals surface area contributed by atoms with Crippen molar-refractivity contribution < 1.29 is 9.84 Å². The third-order valence-corrected chi connectivity index (χ3v) is 3.93. The number of aliphatic hydroxyl groups excluding tert-OH is 1. The molecular formula is C15H19BrN2O2. The van der Waals surface area contributed by atoms with Crippen LogP contribution >= 0.6 is 15.9 Å². The van der Waals surface area contributed by atoms with Gasteiger partial charge in [0.05, 0.1) is 13.2 Å². The van der Waals surface area contributed by atoms with Crippen LogP contribution in [-0.2, 0) is 13.0 Å². The Balaban J connectivity index is 2.19. The van der Waals surface area contributed by atoms with Crippen molar-refractivity contribution in [3.63, 3.8) is 0 Å². The van der Waals surface area contributed by atoms with Gasteiger partial charge in [0.15, 0.2) is 0 Å². The van der Waals surface area contributed by atoms with Crippen LogP contribution in [0.15, 0.2) is 35.1 Å². The van der Waals surface area contributed by atoms with Crippen molar-refractivity contribution in [2.75, 3.05) is 7.11 Å². The third kappa shape index (κ3) is 3.41. The van der Waals surface area contributed by atoms with Gasteiger partial charge in [-0.05, 0) is 30.2 Å². The number of halogens is 1. The number of imidazole rings is 1. The van der Waals surface area contributed by atoms with Crippen LogP contribution in [0.25, 0.3) is 0 Å². The highest BCUT2D eigenvalue weighted by molar-refractivity contribution is 9.10. The van der Waals surface area contributed by atoms with E-state index in [1.165, 1.54) is 0 Å². The van der Waals surface area contributed by atoms with Crippen LogP contribution < -0.4 is 4.74 Å². The first-order valence-electron chi connectivity index (χ1n) is 6.67. The molecule has 1 heterocycles. The SMILES string of the molecule is CCCn1ccnc1CC(O)c1cc(OC)ccc1Br. The van der Waals surface area contributed by atoms with E-state index in [0.717, 1.165) is 34.6 Å². The van der Waals surface area contributed by atoms with Gasteiger partial charge < -0.3 is 14.4 Å². The fourth-order valence-electron chi connectivity index (χ4n) is 2.16. The summed E-state index contributed by atoms with van der Waals surface area (Å²) >= 11 is 3.47. The highest BCUT2D eigenvalue weighted by Gasteiger charge is 2.16. The monoisotopic (exact) mass is 338 g/mol. The van der Waals surface area contributed by atoms with E-state index in [4.69, 9.17) is 4.74 Å². The van der Waals surface area contributed by atoms with Crippen molar-refractivity contribution in [2.45, 2.75) is 32.4 Å². The molecule has 1 aromatic heterocycles. The first-order chi connectivity index (χ1) is 9.65. The summed E-state index contributed by atoms with van der Waals surface area (Å²) in [6.07, 6.45) is 4.64. The van der Waals surface area contributed by atoms with E-state index in [2.05, 4.69) is 32.4 Å². The Morgan fingerprint density at radius 2 is 2.25 bits per heavy atom. The normalized spacial score (nSPS) is 12.4. The van der Waals surface area contributed by atoms with E-state index >= 15 is 0 Å². The standard InChI is InChI=1S/C15H19BrN2O2/c1-3-7-18-8-6-17-15(18)10-14(19)12-9-11(20-2)4-5-13(12)16/h4-6,8-9,14,19H,3,7,10H2,1-2H3. The summed E-state index contributed by atoms with van der Waals surface area (Å²) in [5.74, 6) is 1.63. The first-order valence-corrected chi connectivity index (χ1v) is 7.46. The summed E-state index contributed by atoms with van der Waals surface area (Å²) in [5.41, 5.74) is 0.815. The van der Waals surface area contributed by atoms with Crippen LogP contribution in [0.4, 0.5) is 0 Å². The number of hydrogen-bond acceptors (Lipinski definition) is 3. The van der Waals surface area contributed by atoms with Crippen molar-refractivity contribution in [3.05, 3.63) is 46.5 Å². The molecule has 108 valence electrons. The van der Waals surface area contributed by atoms with E-state index in [1.807, 2.05) is 24.4 Å². The topological polar surface area (TPSA) is 47.3 Å². The number of aliphatic hydroxyl groups is 1. The molecule has 1 atom stereocenters. The zero-order chi connectivity index (χ0) is 14.5. The minimum atomic E-state index is -0.613. The lowest BCUT2D eigenvalue weighted by Crippen LogP contribution is -2.09. The number of rotatable bonds is 6. The van der Waals surface area contributed by atoms with E-state index in [-0.39, 0.29) is 0 Å². The van der Waals surface area contributed by atoms with E-state index in [1.54, 1.807) is 13.3 Å². The highest BCUT2D eigenvalue weighted by Crippen LogP contribution is 2.29.